The van der Waals surface area contributed by atoms with E-state index in [-0.39, 0.29) is 0 Å². The Morgan fingerprint density at radius 3 is 2.53 bits per heavy atom. The molecule has 1 fully saturated rings. The summed E-state index contributed by atoms with van der Waals surface area (Å²) >= 11 is 0. The fourth-order valence-electron chi connectivity index (χ4n) is 2.32. The van der Waals surface area contributed by atoms with E-state index >= 15 is 0 Å². The number of piperidine rings is 1. The third kappa shape index (κ3) is 3.43. The largest absolute Gasteiger partial charge is 0.367 e. The zero-order chi connectivity index (χ0) is 12.3. The Bertz CT molecular complexity index is 337. The topological polar surface area (TPSA) is 28.2 Å². The van der Waals surface area contributed by atoms with Crippen LogP contribution >= 0.6 is 0 Å². The molecule has 3 heteroatoms. The molecule has 0 aromatic carbocycles. The van der Waals surface area contributed by atoms with E-state index in [0.29, 0.717) is 12.1 Å². The van der Waals surface area contributed by atoms with Crippen LogP contribution in [0.2, 0.25) is 0 Å². The van der Waals surface area contributed by atoms with Gasteiger partial charge in [-0.25, -0.2) is 4.98 Å². The molecular weight excluding hydrogens is 210 g/mol. The van der Waals surface area contributed by atoms with Crippen molar-refractivity contribution in [3.8, 4) is 0 Å². The average Bonchev–Trinajstić information content (AvgIpc) is 2.33. The molecule has 0 unspecified atom stereocenters. The van der Waals surface area contributed by atoms with Crippen LogP contribution in [0.3, 0.4) is 0 Å². The first-order valence-corrected chi connectivity index (χ1v) is 6.58. The first-order valence-electron chi connectivity index (χ1n) is 6.58. The van der Waals surface area contributed by atoms with E-state index in [1.165, 1.54) is 31.5 Å². The molecule has 1 aromatic rings. The highest BCUT2D eigenvalue weighted by Crippen LogP contribution is 2.16. The fraction of sp³-hybridized carbons (Fsp3) is 0.643. The normalized spacial score (nSPS) is 18.6. The quantitative estimate of drug-likeness (QED) is 0.870. The molecule has 1 saturated heterocycles. The van der Waals surface area contributed by atoms with Crippen LogP contribution in [0.4, 0.5) is 5.82 Å². The number of hydrogen-bond donors (Lipinski definition) is 1. The summed E-state index contributed by atoms with van der Waals surface area (Å²) in [7, 11) is 0. The van der Waals surface area contributed by atoms with E-state index < -0.39 is 0 Å². The number of nitrogens with zero attached hydrogens (tertiary/aromatic N) is 2. The van der Waals surface area contributed by atoms with E-state index in [1.54, 1.807) is 0 Å². The summed E-state index contributed by atoms with van der Waals surface area (Å²) in [5, 5.41) is 3.53. The highest BCUT2D eigenvalue weighted by atomic mass is 15.2. The summed E-state index contributed by atoms with van der Waals surface area (Å²) in [5.41, 5.74) is 1.21. The maximum absolute atomic E-state index is 4.40. The van der Waals surface area contributed by atoms with Gasteiger partial charge < -0.3 is 10.2 Å². The Labute approximate surface area is 104 Å². The smallest absolute Gasteiger partial charge is 0.126 e. The minimum atomic E-state index is 0.584. The molecule has 0 saturated carbocycles. The molecule has 17 heavy (non-hydrogen) atoms. The summed E-state index contributed by atoms with van der Waals surface area (Å²) in [6.07, 6.45) is 4.35. The maximum atomic E-state index is 4.40. The molecule has 1 aromatic heterocycles. The van der Waals surface area contributed by atoms with Gasteiger partial charge in [0.05, 0.1) is 0 Å². The highest BCUT2D eigenvalue weighted by Gasteiger charge is 2.20. The van der Waals surface area contributed by atoms with Gasteiger partial charge in [-0.2, -0.15) is 0 Å². The van der Waals surface area contributed by atoms with Crippen molar-refractivity contribution in [1.29, 1.82) is 0 Å². The van der Waals surface area contributed by atoms with Crippen molar-refractivity contribution in [2.24, 2.45) is 0 Å². The Balaban J connectivity index is 1.84. The number of likely N-dealkylation sites (tertiary alicyclic amines) is 1. The highest BCUT2D eigenvalue weighted by molar-refractivity contribution is 5.36. The molecule has 1 aliphatic heterocycles. The molecule has 0 amide bonds. The summed E-state index contributed by atoms with van der Waals surface area (Å²) in [6.45, 7) is 9.00. The number of hydrogen-bond acceptors (Lipinski definition) is 3. The molecule has 1 N–H and O–H groups in total. The van der Waals surface area contributed by atoms with Crippen molar-refractivity contribution >= 4 is 5.82 Å². The van der Waals surface area contributed by atoms with Crippen molar-refractivity contribution in [2.75, 3.05) is 18.4 Å². The summed E-state index contributed by atoms with van der Waals surface area (Å²) in [4.78, 5) is 6.94. The van der Waals surface area contributed by atoms with Gasteiger partial charge in [0.15, 0.2) is 0 Å². The first-order chi connectivity index (χ1) is 8.15. The number of pyridine rings is 1. The first kappa shape index (κ1) is 12.4. The molecule has 0 spiro atoms. The zero-order valence-corrected chi connectivity index (χ0v) is 11.1. The number of aromatic nitrogens is 1. The second kappa shape index (κ2) is 5.50. The molecule has 0 bridgehead atoms. The van der Waals surface area contributed by atoms with Gasteiger partial charge in [0, 0.05) is 31.4 Å². The van der Waals surface area contributed by atoms with E-state index in [9.17, 15) is 0 Å². The van der Waals surface area contributed by atoms with Crippen molar-refractivity contribution in [2.45, 2.75) is 45.7 Å². The molecule has 2 heterocycles. The van der Waals surface area contributed by atoms with E-state index in [4.69, 9.17) is 0 Å². The van der Waals surface area contributed by atoms with Gasteiger partial charge in [-0.3, -0.25) is 0 Å². The molecule has 0 atom stereocenters. The lowest BCUT2D eigenvalue weighted by atomic mass is 10.0. The van der Waals surface area contributed by atoms with Gasteiger partial charge in [-0.1, -0.05) is 6.07 Å². The van der Waals surface area contributed by atoms with Crippen LogP contribution in [0.5, 0.6) is 0 Å². The minimum Gasteiger partial charge on any atom is -0.367 e. The summed E-state index contributed by atoms with van der Waals surface area (Å²) in [5.74, 6) is 1.01. The van der Waals surface area contributed by atoms with Crippen LogP contribution < -0.4 is 5.32 Å². The van der Waals surface area contributed by atoms with Crippen LogP contribution in [0.25, 0.3) is 0 Å². The predicted octanol–water partition coefficient (Wildman–Crippen LogP) is 2.67. The third-order valence-corrected chi connectivity index (χ3v) is 3.52. The van der Waals surface area contributed by atoms with E-state index in [0.717, 1.165) is 5.82 Å². The van der Waals surface area contributed by atoms with Crippen LogP contribution in [-0.4, -0.2) is 35.1 Å². The molecule has 0 aliphatic carbocycles. The van der Waals surface area contributed by atoms with Gasteiger partial charge >= 0.3 is 0 Å². The maximum Gasteiger partial charge on any atom is 0.126 e. The van der Waals surface area contributed by atoms with Gasteiger partial charge in [-0.15, -0.1) is 0 Å². The van der Waals surface area contributed by atoms with Gasteiger partial charge in [0.25, 0.3) is 0 Å². The Kier molecular flexibility index (Phi) is 4.00. The molecule has 3 nitrogen and oxygen atoms in total. The fourth-order valence-corrected chi connectivity index (χ4v) is 2.32. The van der Waals surface area contributed by atoms with Crippen molar-refractivity contribution in [1.82, 2.24) is 9.88 Å². The SMILES string of the molecule is Cc1ccc(NC2CCN(C(C)C)CC2)nc1. The Hall–Kier alpha value is -1.09. The predicted molar refractivity (Wildman–Crippen MR) is 72.3 cm³/mol. The van der Waals surface area contributed by atoms with Crippen LogP contribution in [0, 0.1) is 6.92 Å². The molecule has 2 rings (SSSR count). The van der Waals surface area contributed by atoms with Crippen molar-refractivity contribution in [3.63, 3.8) is 0 Å². The second-order valence-corrected chi connectivity index (χ2v) is 5.27. The summed E-state index contributed by atoms with van der Waals surface area (Å²) < 4.78 is 0. The number of rotatable bonds is 3. The lowest BCUT2D eigenvalue weighted by Crippen LogP contribution is -2.42. The zero-order valence-electron chi connectivity index (χ0n) is 11.1. The minimum absolute atomic E-state index is 0.584. The van der Waals surface area contributed by atoms with Gasteiger partial charge in [-0.05, 0) is 45.2 Å². The molecule has 0 radical (unpaired) electrons. The van der Waals surface area contributed by atoms with Crippen molar-refractivity contribution in [3.05, 3.63) is 23.9 Å². The molecule has 1 aliphatic rings. The second-order valence-electron chi connectivity index (χ2n) is 5.27. The lowest BCUT2D eigenvalue weighted by molar-refractivity contribution is 0.177. The Morgan fingerprint density at radius 1 is 1.29 bits per heavy atom. The standard InChI is InChI=1S/C14H23N3/c1-11(2)17-8-6-13(7-9-17)16-14-5-4-12(3)10-15-14/h4-5,10-11,13H,6-9H2,1-3H3,(H,15,16). The van der Waals surface area contributed by atoms with Crippen LogP contribution in [-0.2, 0) is 0 Å². The van der Waals surface area contributed by atoms with Crippen LogP contribution in [0.15, 0.2) is 18.3 Å². The Morgan fingerprint density at radius 2 is 2.00 bits per heavy atom. The van der Waals surface area contributed by atoms with Crippen LogP contribution in [0.1, 0.15) is 32.3 Å². The van der Waals surface area contributed by atoms with Gasteiger partial charge in [0.1, 0.15) is 5.82 Å². The van der Waals surface area contributed by atoms with Crippen molar-refractivity contribution < 1.29 is 0 Å². The monoisotopic (exact) mass is 233 g/mol. The van der Waals surface area contributed by atoms with Gasteiger partial charge in [0.2, 0.25) is 0 Å². The average molecular weight is 233 g/mol. The van der Waals surface area contributed by atoms with E-state index in [1.807, 2.05) is 6.20 Å². The number of nitrogens with one attached hydrogen (secondary N) is 1. The number of aryl methyl sites for hydroxylation is 1. The molecule has 94 valence electrons. The number of anilines is 1. The molecular formula is C14H23N3. The lowest BCUT2D eigenvalue weighted by Gasteiger charge is -2.35. The third-order valence-electron chi connectivity index (χ3n) is 3.52. The summed E-state index contributed by atoms with van der Waals surface area (Å²) in [6, 6.07) is 5.44. The van der Waals surface area contributed by atoms with E-state index in [2.05, 4.69) is 48.1 Å².